The van der Waals surface area contributed by atoms with Crippen LogP contribution in [0.25, 0.3) is 10.9 Å². The maximum atomic E-state index is 12.8. The molecule has 3 rings (SSSR count). The number of sulfone groups is 1. The minimum absolute atomic E-state index is 0.00726. The van der Waals surface area contributed by atoms with E-state index >= 15 is 0 Å². The van der Waals surface area contributed by atoms with Crippen LogP contribution in [0.5, 0.6) is 5.75 Å². The van der Waals surface area contributed by atoms with Crippen molar-refractivity contribution in [1.82, 2.24) is 4.98 Å². The van der Waals surface area contributed by atoms with Gasteiger partial charge in [0.15, 0.2) is 0 Å². The van der Waals surface area contributed by atoms with Crippen LogP contribution in [-0.2, 0) is 9.84 Å². The molecule has 0 saturated carbocycles. The minimum Gasteiger partial charge on any atom is -0.495 e. The van der Waals surface area contributed by atoms with E-state index in [0.717, 1.165) is 12.1 Å². The first-order chi connectivity index (χ1) is 13.1. The summed E-state index contributed by atoms with van der Waals surface area (Å²) in [5, 5.41) is 2.94. The van der Waals surface area contributed by atoms with Crippen molar-refractivity contribution in [3.8, 4) is 5.75 Å². The van der Waals surface area contributed by atoms with Crippen LogP contribution in [0.3, 0.4) is 0 Å². The molecule has 28 heavy (non-hydrogen) atoms. The van der Waals surface area contributed by atoms with Gasteiger partial charge in [0.25, 0.3) is 15.7 Å². The number of ether oxygens (including phenoxy) is 1. The number of carbonyl (C=O) groups is 1. The molecule has 146 valence electrons. The number of rotatable bonds is 4. The molecule has 0 atom stereocenters. The van der Waals surface area contributed by atoms with Crippen molar-refractivity contribution in [1.29, 1.82) is 0 Å². The van der Waals surface area contributed by atoms with E-state index in [2.05, 4.69) is 10.3 Å². The van der Waals surface area contributed by atoms with Crippen LogP contribution < -0.4 is 10.1 Å². The number of carbonyl (C=O) groups excluding carboxylic acids is 1. The van der Waals surface area contributed by atoms with Gasteiger partial charge in [0.2, 0.25) is 0 Å². The highest BCUT2D eigenvalue weighted by molar-refractivity contribution is 7.92. The van der Waals surface area contributed by atoms with Crippen molar-refractivity contribution in [2.45, 2.75) is 10.4 Å². The number of benzene rings is 2. The molecule has 3 aromatic rings. The second-order valence-electron chi connectivity index (χ2n) is 5.64. The Morgan fingerprint density at radius 3 is 2.54 bits per heavy atom. The molecule has 0 unspecified atom stereocenters. The molecular weight excluding hydrogens is 397 g/mol. The van der Waals surface area contributed by atoms with E-state index in [4.69, 9.17) is 4.74 Å². The zero-order chi connectivity index (χ0) is 20.5. The van der Waals surface area contributed by atoms with Crippen LogP contribution >= 0.6 is 0 Å². The van der Waals surface area contributed by atoms with Crippen LogP contribution in [-0.4, -0.2) is 31.9 Å². The number of hydrogen-bond donors (Lipinski definition) is 1. The third-order valence-corrected chi connectivity index (χ3v) is 5.41. The molecule has 1 aromatic heterocycles. The van der Waals surface area contributed by atoms with Crippen molar-refractivity contribution in [3.05, 3.63) is 60.3 Å². The fourth-order valence-corrected chi connectivity index (χ4v) is 3.36. The summed E-state index contributed by atoms with van der Waals surface area (Å²) in [6, 6.07) is 10.6. The molecule has 2 aromatic carbocycles. The zero-order valence-corrected chi connectivity index (χ0v) is 15.1. The van der Waals surface area contributed by atoms with E-state index in [1.54, 1.807) is 30.5 Å². The highest BCUT2D eigenvalue weighted by Gasteiger charge is 2.47. The largest absolute Gasteiger partial charge is 0.501 e. The number of hydrogen-bond acceptors (Lipinski definition) is 5. The third kappa shape index (κ3) is 3.50. The summed E-state index contributed by atoms with van der Waals surface area (Å²) < 4.78 is 66.8. The fraction of sp³-hybridized carbons (Fsp3) is 0.111. The normalized spacial score (nSPS) is 12.0. The van der Waals surface area contributed by atoms with Gasteiger partial charge in [-0.05, 0) is 36.4 Å². The average molecular weight is 410 g/mol. The molecule has 0 bridgehead atoms. The molecular formula is C18H13F3N2O4S. The Morgan fingerprint density at radius 1 is 1.11 bits per heavy atom. The van der Waals surface area contributed by atoms with E-state index in [1.165, 1.54) is 13.2 Å². The molecule has 0 aliphatic heterocycles. The SMILES string of the molecule is COc1ccc(S(=O)(=O)C(F)(F)F)cc1NC(=O)c1cccc2ncccc12. The third-order valence-electron chi connectivity index (χ3n) is 3.92. The summed E-state index contributed by atoms with van der Waals surface area (Å²) in [6.45, 7) is 0. The van der Waals surface area contributed by atoms with Gasteiger partial charge in [-0.1, -0.05) is 12.1 Å². The first kappa shape index (κ1) is 19.6. The summed E-state index contributed by atoms with van der Waals surface area (Å²) >= 11 is 0. The molecule has 0 fully saturated rings. The van der Waals surface area contributed by atoms with Crippen LogP contribution in [0.1, 0.15) is 10.4 Å². The quantitative estimate of drug-likeness (QED) is 0.707. The van der Waals surface area contributed by atoms with Gasteiger partial charge in [-0.2, -0.15) is 13.2 Å². The summed E-state index contributed by atoms with van der Waals surface area (Å²) in [6.07, 6.45) is 1.55. The molecule has 1 amide bonds. The van der Waals surface area contributed by atoms with Gasteiger partial charge in [0, 0.05) is 17.1 Å². The van der Waals surface area contributed by atoms with Gasteiger partial charge in [-0.25, -0.2) is 8.42 Å². The number of aromatic nitrogens is 1. The van der Waals surface area contributed by atoms with Crippen LogP contribution in [0.2, 0.25) is 0 Å². The predicted octanol–water partition coefficient (Wildman–Crippen LogP) is 3.79. The predicted molar refractivity (Wildman–Crippen MR) is 95.9 cm³/mol. The highest BCUT2D eigenvalue weighted by atomic mass is 32.2. The number of nitrogens with zero attached hydrogens (tertiary/aromatic N) is 1. The Kier molecular flexibility index (Phi) is 4.99. The second-order valence-corrected chi connectivity index (χ2v) is 7.58. The molecule has 1 N–H and O–H groups in total. The van der Waals surface area contributed by atoms with Gasteiger partial charge in [-0.15, -0.1) is 0 Å². The number of anilines is 1. The first-order valence-electron chi connectivity index (χ1n) is 7.79. The lowest BCUT2D eigenvalue weighted by atomic mass is 10.1. The van der Waals surface area contributed by atoms with Crippen molar-refractivity contribution in [2.24, 2.45) is 0 Å². The van der Waals surface area contributed by atoms with E-state index in [0.29, 0.717) is 17.0 Å². The molecule has 0 aliphatic rings. The Bertz CT molecular complexity index is 1160. The van der Waals surface area contributed by atoms with E-state index in [9.17, 15) is 26.4 Å². The molecule has 0 aliphatic carbocycles. The lowest BCUT2D eigenvalue weighted by Gasteiger charge is -2.14. The highest BCUT2D eigenvalue weighted by Crippen LogP contribution is 2.35. The van der Waals surface area contributed by atoms with Crippen molar-refractivity contribution < 1.29 is 31.1 Å². The number of nitrogens with one attached hydrogen (secondary N) is 1. The van der Waals surface area contributed by atoms with Crippen molar-refractivity contribution in [2.75, 3.05) is 12.4 Å². The Hall–Kier alpha value is -3.14. The number of alkyl halides is 3. The topological polar surface area (TPSA) is 85.4 Å². The lowest BCUT2D eigenvalue weighted by molar-refractivity contribution is -0.0436. The molecule has 6 nitrogen and oxygen atoms in total. The number of amides is 1. The van der Waals surface area contributed by atoms with Gasteiger partial charge < -0.3 is 10.1 Å². The van der Waals surface area contributed by atoms with Gasteiger partial charge in [-0.3, -0.25) is 9.78 Å². The average Bonchev–Trinajstić information content (AvgIpc) is 2.66. The fourth-order valence-electron chi connectivity index (χ4n) is 2.58. The Morgan fingerprint density at radius 2 is 1.86 bits per heavy atom. The lowest BCUT2D eigenvalue weighted by Crippen LogP contribution is -2.23. The maximum Gasteiger partial charge on any atom is 0.501 e. The molecule has 0 saturated heterocycles. The van der Waals surface area contributed by atoms with Gasteiger partial charge in [0.1, 0.15) is 5.75 Å². The molecule has 1 heterocycles. The van der Waals surface area contributed by atoms with E-state index < -0.39 is 26.1 Å². The number of fused-ring (bicyclic) bond motifs is 1. The summed E-state index contributed by atoms with van der Waals surface area (Å²) in [4.78, 5) is 15.8. The van der Waals surface area contributed by atoms with Crippen molar-refractivity contribution in [3.63, 3.8) is 0 Å². The smallest absolute Gasteiger partial charge is 0.495 e. The van der Waals surface area contributed by atoms with Crippen molar-refractivity contribution >= 4 is 32.3 Å². The maximum absolute atomic E-state index is 12.8. The summed E-state index contributed by atoms with van der Waals surface area (Å²) in [5.74, 6) is -0.647. The number of halogens is 3. The summed E-state index contributed by atoms with van der Waals surface area (Å²) in [5.41, 5.74) is -4.91. The van der Waals surface area contributed by atoms with Crippen LogP contribution in [0, 0.1) is 0 Å². The minimum atomic E-state index is -5.58. The number of pyridine rings is 1. The standard InChI is InChI=1S/C18H13F3N2O4S/c1-27-16-8-7-11(28(25,26)18(19,20)21)10-15(16)23-17(24)13-4-2-6-14-12(13)5-3-9-22-14/h2-10H,1H3,(H,23,24). The first-order valence-corrected chi connectivity index (χ1v) is 9.28. The van der Waals surface area contributed by atoms with Crippen LogP contribution in [0.4, 0.5) is 18.9 Å². The van der Waals surface area contributed by atoms with Gasteiger partial charge >= 0.3 is 5.51 Å². The summed E-state index contributed by atoms with van der Waals surface area (Å²) in [7, 11) is -4.34. The zero-order valence-electron chi connectivity index (χ0n) is 14.3. The molecule has 10 heteroatoms. The monoisotopic (exact) mass is 410 g/mol. The second kappa shape index (κ2) is 7.12. The Balaban J connectivity index is 2.04. The molecule has 0 spiro atoms. The molecule has 0 radical (unpaired) electrons. The Labute approximate surface area is 157 Å². The van der Waals surface area contributed by atoms with E-state index in [-0.39, 0.29) is 17.0 Å². The number of methoxy groups -OCH3 is 1. The van der Waals surface area contributed by atoms with Gasteiger partial charge in [0.05, 0.1) is 23.2 Å². The van der Waals surface area contributed by atoms with Crippen LogP contribution in [0.15, 0.2) is 59.6 Å². The van der Waals surface area contributed by atoms with E-state index in [1.807, 2.05) is 0 Å².